The molecule has 1 fully saturated rings. The summed E-state index contributed by atoms with van der Waals surface area (Å²) < 4.78 is 0. The van der Waals surface area contributed by atoms with Gasteiger partial charge in [0.1, 0.15) is 54.1 Å². The number of carbonyl (C=O) groups excluding carboxylic acids is 9. The Labute approximate surface area is 422 Å². The number of hydrogen-bond donors (Lipinski definition) is 14. The zero-order valence-corrected chi connectivity index (χ0v) is 42.9. The lowest BCUT2D eigenvalue weighted by molar-refractivity contribution is -0.137. The average molecular weight is 1040 g/mol. The average Bonchev–Trinajstić information content (AvgIpc) is 3.29. The number of aliphatic hydroxyl groups is 1. The number of rotatable bonds is 21. The lowest BCUT2D eigenvalue weighted by Gasteiger charge is -2.31. The fourth-order valence-corrected chi connectivity index (χ4v) is 9.45. The molecule has 9 amide bonds. The molecule has 24 nitrogen and oxygen atoms in total. The van der Waals surface area contributed by atoms with Crippen LogP contribution in [-0.2, 0) is 49.6 Å². The minimum absolute atomic E-state index is 0.0175. The second-order valence-corrected chi connectivity index (χ2v) is 20.4. The molecule has 71 heavy (non-hydrogen) atoms. The highest BCUT2D eigenvalue weighted by atomic mass is 33.1. The molecule has 0 radical (unpaired) electrons. The number of nitrogens with two attached hydrogens (primary N) is 4. The molecule has 2 unspecified atom stereocenters. The number of unbranched alkanes of at least 4 members (excludes halogenated alkanes) is 1. The van der Waals surface area contributed by atoms with E-state index in [4.69, 9.17) is 22.9 Å². The van der Waals surface area contributed by atoms with Crippen LogP contribution >= 0.6 is 21.6 Å². The molecule has 1 aromatic carbocycles. The van der Waals surface area contributed by atoms with Gasteiger partial charge in [0.05, 0.1) is 6.10 Å². The first-order chi connectivity index (χ1) is 33.5. The number of carbonyl (C=O) groups is 9. The van der Waals surface area contributed by atoms with Gasteiger partial charge in [-0.15, -0.1) is 0 Å². The number of phenolic OH excluding ortho intramolecular Hbond substituents is 1. The van der Waals surface area contributed by atoms with Gasteiger partial charge in [-0.05, 0) is 81.5 Å². The molecule has 1 aliphatic rings. The molecule has 0 bridgehead atoms. The van der Waals surface area contributed by atoms with Gasteiger partial charge >= 0.3 is 0 Å². The van der Waals surface area contributed by atoms with Gasteiger partial charge < -0.3 is 75.7 Å². The van der Waals surface area contributed by atoms with Crippen LogP contribution in [0.3, 0.4) is 0 Å². The number of aliphatic hydroxyl groups excluding tert-OH is 1. The van der Waals surface area contributed by atoms with Crippen LogP contribution in [0.2, 0.25) is 0 Å². The standard InChI is InChI=1S/C45H75N13O11S2/c1-7-24(4)35-43(68)58-36(25(5)59)44(69)53-30(12-10-18-50-45(48)49)39(64)56-34(22-71-70-21-33(51-26(6)60)41(66)55-32(19-23(2)3)40(65)57-35)42(67)52-29(11-8-9-17-46)38(63)54-31(37(47)62)20-27-13-15-28(61)16-14-27/h13-16,23-25,29-36,59,61H,7-12,17-22,46H2,1-6H3,(H2,47,62)(H,51,60)(H,52,67)(H,53,69)(H,54,63)(H,55,66)(H,56,64)(H,57,65)(H,58,68)(H4,48,49,50)/t24-,25+,29-,30-,31-,32-,33?,34-,35-,36?/m0/s1. The summed E-state index contributed by atoms with van der Waals surface area (Å²) in [6, 6.07) is -4.86. The summed E-state index contributed by atoms with van der Waals surface area (Å²) in [5.74, 6) is -8.50. The topological polar surface area (TPSA) is 407 Å². The lowest BCUT2D eigenvalue weighted by Crippen LogP contribution is -2.63. The van der Waals surface area contributed by atoms with Crippen molar-refractivity contribution in [3.05, 3.63) is 29.8 Å². The zero-order chi connectivity index (χ0) is 53.4. The number of primary amides is 1. The number of phenols is 1. The van der Waals surface area contributed by atoms with E-state index in [1.807, 2.05) is 13.8 Å². The molecule has 0 aliphatic carbocycles. The highest BCUT2D eigenvalue weighted by Crippen LogP contribution is 2.24. The Balaban J connectivity index is 2.70. The van der Waals surface area contributed by atoms with E-state index in [2.05, 4.69) is 47.5 Å². The number of guanidine groups is 1. The molecular weight excluding hydrogens is 963 g/mol. The van der Waals surface area contributed by atoms with Crippen molar-refractivity contribution in [2.75, 3.05) is 24.6 Å². The van der Waals surface area contributed by atoms with Crippen LogP contribution < -0.4 is 65.5 Å². The van der Waals surface area contributed by atoms with Gasteiger partial charge in [0.2, 0.25) is 53.2 Å². The van der Waals surface area contributed by atoms with Gasteiger partial charge in [0, 0.05) is 31.4 Å². The first kappa shape index (κ1) is 61.3. The maximum Gasteiger partial charge on any atom is 0.245 e. The lowest BCUT2D eigenvalue weighted by atomic mass is 9.96. The Hall–Kier alpha value is -5.86. The molecule has 1 aromatic rings. The van der Waals surface area contributed by atoms with Crippen LogP contribution in [0, 0.1) is 11.8 Å². The summed E-state index contributed by atoms with van der Waals surface area (Å²) in [6.45, 7) is 9.84. The van der Waals surface area contributed by atoms with E-state index >= 15 is 0 Å². The van der Waals surface area contributed by atoms with Crippen LogP contribution in [0.4, 0.5) is 0 Å². The highest BCUT2D eigenvalue weighted by molar-refractivity contribution is 8.76. The van der Waals surface area contributed by atoms with Crippen molar-refractivity contribution in [1.29, 1.82) is 0 Å². The van der Waals surface area contributed by atoms with Gasteiger partial charge in [-0.2, -0.15) is 0 Å². The Bertz CT molecular complexity index is 1990. The molecule has 0 spiro atoms. The number of hydrogen-bond acceptors (Lipinski definition) is 15. The molecule has 1 saturated heterocycles. The monoisotopic (exact) mass is 1040 g/mol. The quantitative estimate of drug-likeness (QED) is 0.0259. The van der Waals surface area contributed by atoms with E-state index in [-0.39, 0.29) is 74.3 Å². The zero-order valence-electron chi connectivity index (χ0n) is 41.3. The van der Waals surface area contributed by atoms with E-state index in [0.717, 1.165) is 21.6 Å². The predicted octanol–water partition coefficient (Wildman–Crippen LogP) is -2.63. The second-order valence-electron chi connectivity index (χ2n) is 17.9. The minimum Gasteiger partial charge on any atom is -0.508 e. The van der Waals surface area contributed by atoms with Gasteiger partial charge in [-0.25, -0.2) is 0 Å². The number of nitrogens with zero attached hydrogens (tertiary/aromatic N) is 1. The van der Waals surface area contributed by atoms with E-state index in [1.54, 1.807) is 26.0 Å². The van der Waals surface area contributed by atoms with Crippen molar-refractivity contribution >= 4 is 80.7 Å². The molecule has 18 N–H and O–H groups in total. The van der Waals surface area contributed by atoms with Crippen LogP contribution in [0.1, 0.15) is 92.1 Å². The summed E-state index contributed by atoms with van der Waals surface area (Å²) in [5.41, 5.74) is 23.0. The summed E-state index contributed by atoms with van der Waals surface area (Å²) >= 11 is 0. The molecule has 1 heterocycles. The third-order valence-electron chi connectivity index (χ3n) is 11.3. The van der Waals surface area contributed by atoms with Crippen molar-refractivity contribution < 1.29 is 53.4 Å². The summed E-state index contributed by atoms with van der Waals surface area (Å²) in [7, 11) is 2.06. The molecule has 398 valence electrons. The number of aliphatic imine (C=N–C) groups is 1. The van der Waals surface area contributed by atoms with Gasteiger partial charge in [0.15, 0.2) is 5.96 Å². The predicted molar refractivity (Wildman–Crippen MR) is 270 cm³/mol. The smallest absolute Gasteiger partial charge is 0.245 e. The number of amides is 9. The molecule has 2 rings (SSSR count). The van der Waals surface area contributed by atoms with E-state index < -0.39 is 114 Å². The SMILES string of the molecule is CC[C@H](C)[C@@H]1NC(=O)[C@H](CC(C)C)NC(=O)C(NC(C)=O)CSSC[C@@H](C(=O)N[C@@H](CCCCN)C(=O)N[C@@H](Cc2ccc(O)cc2)C(N)=O)NC(=O)[C@H](CCCN=C(N)N)NC(=O)C([C@@H](C)O)NC1=O. The molecular formula is C45H75N13O11S2. The van der Waals surface area contributed by atoms with Crippen LogP contribution in [-0.4, -0.2) is 148 Å². The van der Waals surface area contributed by atoms with Gasteiger partial charge in [-0.1, -0.05) is 67.8 Å². The molecule has 0 saturated carbocycles. The van der Waals surface area contributed by atoms with Gasteiger partial charge in [0.25, 0.3) is 0 Å². The Morgan fingerprint density at radius 2 is 1.38 bits per heavy atom. The Morgan fingerprint density at radius 1 is 0.775 bits per heavy atom. The van der Waals surface area contributed by atoms with Crippen molar-refractivity contribution in [3.63, 3.8) is 0 Å². The molecule has 0 aromatic heterocycles. The number of nitrogens with one attached hydrogen (secondary N) is 8. The van der Waals surface area contributed by atoms with E-state index in [9.17, 15) is 53.4 Å². The number of aromatic hydroxyl groups is 1. The van der Waals surface area contributed by atoms with E-state index in [0.29, 0.717) is 24.8 Å². The second kappa shape index (κ2) is 31.5. The van der Waals surface area contributed by atoms with Crippen LogP contribution in [0.15, 0.2) is 29.3 Å². The Kier molecular flexibility index (Phi) is 27.2. The summed E-state index contributed by atoms with van der Waals surface area (Å²) in [5, 5.41) is 41.6. The minimum atomic E-state index is -1.67. The molecule has 26 heteroatoms. The first-order valence-electron chi connectivity index (χ1n) is 23.6. The normalized spacial score (nSPS) is 22.6. The van der Waals surface area contributed by atoms with Gasteiger partial charge in [-0.3, -0.25) is 48.1 Å². The third kappa shape index (κ3) is 22.4. The molecule has 1 aliphatic heterocycles. The maximum absolute atomic E-state index is 14.4. The van der Waals surface area contributed by atoms with Crippen LogP contribution in [0.5, 0.6) is 5.75 Å². The summed E-state index contributed by atoms with van der Waals surface area (Å²) in [4.78, 5) is 127. The fraction of sp³-hybridized carbons (Fsp3) is 0.644. The van der Waals surface area contributed by atoms with Crippen molar-refractivity contribution in [3.8, 4) is 5.75 Å². The van der Waals surface area contributed by atoms with Crippen LogP contribution in [0.25, 0.3) is 0 Å². The number of benzene rings is 1. The van der Waals surface area contributed by atoms with Crippen molar-refractivity contribution in [2.45, 2.75) is 147 Å². The summed E-state index contributed by atoms with van der Waals surface area (Å²) in [6.07, 6.45) is -0.236. The van der Waals surface area contributed by atoms with Crippen molar-refractivity contribution in [2.24, 2.45) is 39.8 Å². The Morgan fingerprint density at radius 3 is 1.96 bits per heavy atom. The maximum atomic E-state index is 14.4. The largest absolute Gasteiger partial charge is 0.508 e. The third-order valence-corrected chi connectivity index (χ3v) is 13.7. The molecule has 10 atom stereocenters. The fourth-order valence-electron chi connectivity index (χ4n) is 7.13. The van der Waals surface area contributed by atoms with E-state index in [1.165, 1.54) is 26.0 Å². The van der Waals surface area contributed by atoms with Crippen molar-refractivity contribution in [1.82, 2.24) is 42.5 Å². The highest BCUT2D eigenvalue weighted by Gasteiger charge is 2.37. The first-order valence-corrected chi connectivity index (χ1v) is 26.1.